The number of nitrogens with zero attached hydrogens (tertiary/aromatic N) is 1. The van der Waals surface area contributed by atoms with Crippen molar-refractivity contribution in [2.24, 2.45) is 0 Å². The van der Waals surface area contributed by atoms with Gasteiger partial charge in [0, 0.05) is 19.1 Å². The van der Waals surface area contributed by atoms with Crippen molar-refractivity contribution in [3.8, 4) is 6.07 Å². The summed E-state index contributed by atoms with van der Waals surface area (Å²) in [5.41, 5.74) is -0.387. The molecule has 0 aromatic heterocycles. The van der Waals surface area contributed by atoms with Gasteiger partial charge in [0.25, 0.3) is 0 Å². The maximum atomic E-state index is 9.36. The van der Waals surface area contributed by atoms with Gasteiger partial charge in [0.2, 0.25) is 0 Å². The van der Waals surface area contributed by atoms with E-state index in [0.29, 0.717) is 19.3 Å². The van der Waals surface area contributed by atoms with Gasteiger partial charge in [-0.25, -0.2) is 0 Å². The van der Waals surface area contributed by atoms with Gasteiger partial charge < -0.3 is 9.47 Å². The molecule has 1 saturated carbocycles. The molecule has 4 nitrogen and oxygen atoms in total. The van der Waals surface area contributed by atoms with Crippen LogP contribution in [0.2, 0.25) is 0 Å². The first-order valence-corrected chi connectivity index (χ1v) is 7.50. The summed E-state index contributed by atoms with van der Waals surface area (Å²) in [4.78, 5) is 0. The maximum absolute atomic E-state index is 9.36. The predicted molar refractivity (Wildman–Crippen MR) is 75.9 cm³/mol. The van der Waals surface area contributed by atoms with Crippen LogP contribution in [0.5, 0.6) is 0 Å². The summed E-state index contributed by atoms with van der Waals surface area (Å²) in [6.45, 7) is 8.43. The third kappa shape index (κ3) is 5.90. The van der Waals surface area contributed by atoms with E-state index in [-0.39, 0.29) is 11.6 Å². The summed E-state index contributed by atoms with van der Waals surface area (Å²) in [6.07, 6.45) is 5.09. The van der Waals surface area contributed by atoms with Crippen molar-refractivity contribution >= 4 is 0 Å². The highest BCUT2D eigenvalue weighted by molar-refractivity contribution is 5.12. The molecular formula is C15H28N2O2. The average molecular weight is 268 g/mol. The molecule has 0 aliphatic heterocycles. The van der Waals surface area contributed by atoms with Crippen molar-refractivity contribution in [2.75, 3.05) is 19.8 Å². The molecule has 1 rings (SSSR count). The Morgan fingerprint density at radius 1 is 1.37 bits per heavy atom. The van der Waals surface area contributed by atoms with Gasteiger partial charge in [-0.3, -0.25) is 5.32 Å². The minimum Gasteiger partial charge on any atom is -0.379 e. The van der Waals surface area contributed by atoms with Crippen LogP contribution < -0.4 is 5.32 Å². The summed E-state index contributed by atoms with van der Waals surface area (Å²) in [5, 5.41) is 12.7. The summed E-state index contributed by atoms with van der Waals surface area (Å²) in [7, 11) is 0. The largest absolute Gasteiger partial charge is 0.379 e. The number of unbranched alkanes of at least 4 members (excludes halogenated alkanes) is 1. The number of nitriles is 1. The lowest BCUT2D eigenvalue weighted by Gasteiger charge is -2.25. The zero-order chi connectivity index (χ0) is 14.1. The van der Waals surface area contributed by atoms with Crippen molar-refractivity contribution < 1.29 is 9.47 Å². The number of rotatable bonds is 9. The van der Waals surface area contributed by atoms with Crippen molar-refractivity contribution in [1.82, 2.24) is 5.32 Å². The summed E-state index contributed by atoms with van der Waals surface area (Å²) in [6, 6.07) is 2.76. The fourth-order valence-corrected chi connectivity index (χ4v) is 2.58. The Bertz CT molecular complexity index is 288. The Balaban J connectivity index is 2.19. The Morgan fingerprint density at radius 2 is 2.16 bits per heavy atom. The summed E-state index contributed by atoms with van der Waals surface area (Å²) in [5.74, 6) is 0. The van der Waals surface area contributed by atoms with Crippen LogP contribution in [-0.4, -0.2) is 37.5 Å². The molecular weight excluding hydrogens is 240 g/mol. The Labute approximate surface area is 117 Å². The number of nitrogens with one attached hydrogen (secondary N) is 1. The van der Waals surface area contributed by atoms with Crippen LogP contribution >= 0.6 is 0 Å². The quantitative estimate of drug-likeness (QED) is 0.653. The average Bonchev–Trinajstić information content (AvgIpc) is 2.77. The summed E-state index contributed by atoms with van der Waals surface area (Å²) >= 11 is 0. The summed E-state index contributed by atoms with van der Waals surface area (Å²) < 4.78 is 11.3. The highest BCUT2D eigenvalue weighted by Gasteiger charge is 2.40. The van der Waals surface area contributed by atoms with Crippen molar-refractivity contribution in [3.63, 3.8) is 0 Å². The fraction of sp³-hybridized carbons (Fsp3) is 0.933. The molecule has 2 unspecified atom stereocenters. The predicted octanol–water partition coefficient (Wildman–Crippen LogP) is 2.63. The second kappa shape index (κ2) is 8.52. The maximum Gasteiger partial charge on any atom is 0.109 e. The van der Waals surface area contributed by atoms with Gasteiger partial charge in [-0.2, -0.15) is 5.26 Å². The van der Waals surface area contributed by atoms with Crippen LogP contribution in [0.3, 0.4) is 0 Å². The number of ether oxygens (including phenoxy) is 2. The molecule has 4 heteroatoms. The fourth-order valence-electron chi connectivity index (χ4n) is 2.58. The van der Waals surface area contributed by atoms with Crippen molar-refractivity contribution in [1.29, 1.82) is 5.26 Å². The van der Waals surface area contributed by atoms with Crippen LogP contribution in [0, 0.1) is 11.3 Å². The van der Waals surface area contributed by atoms with E-state index in [9.17, 15) is 5.26 Å². The molecule has 0 radical (unpaired) electrons. The Kier molecular flexibility index (Phi) is 7.37. The van der Waals surface area contributed by atoms with E-state index in [1.165, 1.54) is 0 Å². The van der Waals surface area contributed by atoms with E-state index in [1.807, 2.05) is 0 Å². The van der Waals surface area contributed by atoms with Crippen LogP contribution in [0.15, 0.2) is 0 Å². The molecule has 19 heavy (non-hydrogen) atoms. The third-order valence-electron chi connectivity index (χ3n) is 3.47. The van der Waals surface area contributed by atoms with E-state index in [4.69, 9.17) is 9.47 Å². The van der Waals surface area contributed by atoms with Crippen molar-refractivity contribution in [3.05, 3.63) is 0 Å². The second-order valence-corrected chi connectivity index (χ2v) is 5.69. The van der Waals surface area contributed by atoms with E-state index < -0.39 is 0 Å². The molecule has 1 fully saturated rings. The van der Waals surface area contributed by atoms with Crippen LogP contribution in [0.25, 0.3) is 0 Å². The normalized spacial score (nSPS) is 26.8. The smallest absolute Gasteiger partial charge is 0.109 e. The third-order valence-corrected chi connectivity index (χ3v) is 3.47. The second-order valence-electron chi connectivity index (χ2n) is 5.69. The lowest BCUT2D eigenvalue weighted by Crippen LogP contribution is -2.45. The van der Waals surface area contributed by atoms with Crippen LogP contribution in [0.1, 0.15) is 52.9 Å². The first kappa shape index (κ1) is 16.4. The molecule has 0 saturated heterocycles. The standard InChI is InChI=1S/C15H28N2O2/c1-4-5-8-18-9-10-19-14-6-7-15(11-14,12-16)17-13(2)3/h13-14,17H,4-11H2,1-3H3. The van der Waals surface area contributed by atoms with Crippen LogP contribution in [0.4, 0.5) is 0 Å². The Hall–Kier alpha value is -0.630. The molecule has 1 N–H and O–H groups in total. The van der Waals surface area contributed by atoms with Gasteiger partial charge in [0.1, 0.15) is 5.54 Å². The Morgan fingerprint density at radius 3 is 2.79 bits per heavy atom. The van der Waals surface area contributed by atoms with Crippen molar-refractivity contribution in [2.45, 2.75) is 70.6 Å². The van der Waals surface area contributed by atoms with Gasteiger partial charge in [-0.1, -0.05) is 13.3 Å². The molecule has 1 aliphatic rings. The number of hydrogen-bond donors (Lipinski definition) is 1. The molecule has 0 aromatic rings. The lowest BCUT2D eigenvalue weighted by molar-refractivity contribution is 0.00527. The molecule has 0 aromatic carbocycles. The molecule has 0 heterocycles. The first-order valence-electron chi connectivity index (χ1n) is 7.50. The van der Waals surface area contributed by atoms with Gasteiger partial charge in [-0.05, 0) is 33.1 Å². The minimum absolute atomic E-state index is 0.195. The van der Waals surface area contributed by atoms with Crippen LogP contribution in [-0.2, 0) is 9.47 Å². The highest BCUT2D eigenvalue weighted by Crippen LogP contribution is 2.31. The highest BCUT2D eigenvalue weighted by atomic mass is 16.5. The molecule has 2 atom stereocenters. The first-order chi connectivity index (χ1) is 9.12. The molecule has 0 bridgehead atoms. The van der Waals surface area contributed by atoms with E-state index in [2.05, 4.69) is 32.2 Å². The van der Waals surface area contributed by atoms with Gasteiger partial charge in [0.15, 0.2) is 0 Å². The van der Waals surface area contributed by atoms with E-state index in [1.54, 1.807) is 0 Å². The monoisotopic (exact) mass is 268 g/mol. The SMILES string of the molecule is CCCCOCCOC1CCC(C#N)(NC(C)C)C1. The molecule has 1 aliphatic carbocycles. The minimum atomic E-state index is -0.387. The van der Waals surface area contributed by atoms with Gasteiger partial charge in [-0.15, -0.1) is 0 Å². The topological polar surface area (TPSA) is 54.3 Å². The van der Waals surface area contributed by atoms with E-state index >= 15 is 0 Å². The zero-order valence-corrected chi connectivity index (χ0v) is 12.6. The molecule has 0 amide bonds. The van der Waals surface area contributed by atoms with Gasteiger partial charge in [0.05, 0.1) is 25.4 Å². The molecule has 110 valence electrons. The zero-order valence-electron chi connectivity index (χ0n) is 12.6. The number of hydrogen-bond acceptors (Lipinski definition) is 4. The van der Waals surface area contributed by atoms with Gasteiger partial charge >= 0.3 is 0 Å². The van der Waals surface area contributed by atoms with E-state index in [0.717, 1.165) is 38.7 Å². The lowest BCUT2D eigenvalue weighted by atomic mass is 9.98. The molecule has 0 spiro atoms.